The average Bonchev–Trinajstić information content (AvgIpc) is 2.60. The Hall–Kier alpha value is 0.0300. The molecule has 0 aromatic heterocycles. The molecule has 0 aromatic carbocycles. The van der Waals surface area contributed by atoms with E-state index < -0.39 is 7.82 Å². The highest BCUT2D eigenvalue weighted by atomic mass is 31.2. The van der Waals surface area contributed by atoms with E-state index >= 15 is 0 Å². The fourth-order valence-electron chi connectivity index (χ4n) is 2.78. The van der Waals surface area contributed by atoms with Crippen LogP contribution in [0.5, 0.6) is 0 Å². The lowest BCUT2D eigenvalue weighted by Crippen LogP contribution is -2.12. The fraction of sp³-hybridized carbons (Fsp3) is 1.00. The predicted molar refractivity (Wildman–Crippen MR) is 114 cm³/mol. The molecule has 0 spiro atoms. The van der Waals surface area contributed by atoms with E-state index in [2.05, 4.69) is 30.4 Å². The average molecular weight is 412 g/mol. The molecule has 0 bridgehead atoms. The summed E-state index contributed by atoms with van der Waals surface area (Å²) in [6.07, 6.45) is 20.3. The molecule has 0 aliphatic heterocycles. The Labute approximate surface area is 167 Å². The van der Waals surface area contributed by atoms with Crippen molar-refractivity contribution in [2.45, 2.75) is 96.8 Å². The summed E-state index contributed by atoms with van der Waals surface area (Å²) in [5.41, 5.74) is 0. The largest absolute Gasteiger partial charge is 0.469 e. The number of phosphoric ester groups is 1. The first-order valence-electron chi connectivity index (χ1n) is 10.8. The van der Waals surface area contributed by atoms with Gasteiger partial charge in [-0.25, -0.2) is 4.57 Å². The van der Waals surface area contributed by atoms with E-state index in [0.717, 1.165) is 0 Å². The highest BCUT2D eigenvalue weighted by Crippen LogP contribution is 2.34. The van der Waals surface area contributed by atoms with Gasteiger partial charge in [0.05, 0.1) is 13.2 Å². The summed E-state index contributed by atoms with van der Waals surface area (Å²) >= 11 is 0. The van der Waals surface area contributed by atoms with Gasteiger partial charge >= 0.3 is 7.82 Å². The Balaban J connectivity index is 0. The van der Waals surface area contributed by atoms with Crippen molar-refractivity contribution in [3.8, 4) is 0 Å². The molecule has 0 aliphatic rings. The summed E-state index contributed by atoms with van der Waals surface area (Å²) in [6, 6.07) is 0. The van der Waals surface area contributed by atoms with Crippen LogP contribution in [0, 0.1) is 0 Å². The first kappa shape index (κ1) is 29.2. The van der Waals surface area contributed by atoms with Gasteiger partial charge < -0.3 is 19.8 Å². The Kier molecular flexibility index (Phi) is 24.2. The van der Waals surface area contributed by atoms with Crippen LogP contribution < -0.4 is 0 Å². The third-order valence-electron chi connectivity index (χ3n) is 4.31. The summed E-state index contributed by atoms with van der Waals surface area (Å²) in [5.74, 6) is 0. The molecule has 27 heavy (non-hydrogen) atoms. The van der Waals surface area contributed by atoms with Crippen LogP contribution in [0.15, 0.2) is 0 Å². The maximum Gasteiger partial charge on any atom is 0.469 e. The van der Waals surface area contributed by atoms with Crippen LogP contribution in [0.25, 0.3) is 0 Å². The molecule has 7 heteroatoms. The summed E-state index contributed by atoms with van der Waals surface area (Å²) in [6.45, 7) is 2.84. The molecule has 6 nitrogen and oxygen atoms in total. The number of phosphoric acid groups is 1. The molecule has 166 valence electrons. The van der Waals surface area contributed by atoms with E-state index in [1.54, 1.807) is 0 Å². The molecule has 0 heterocycles. The van der Waals surface area contributed by atoms with Crippen molar-refractivity contribution in [1.82, 2.24) is 4.90 Å². The zero-order valence-electron chi connectivity index (χ0n) is 18.1. The van der Waals surface area contributed by atoms with Crippen molar-refractivity contribution in [2.24, 2.45) is 0 Å². The van der Waals surface area contributed by atoms with E-state index in [1.807, 2.05) is 0 Å². The zero-order chi connectivity index (χ0) is 20.8. The van der Waals surface area contributed by atoms with Crippen molar-refractivity contribution >= 4 is 7.82 Å². The Morgan fingerprint density at radius 3 is 1.37 bits per heavy atom. The van der Waals surface area contributed by atoms with Crippen LogP contribution in [-0.2, 0) is 9.09 Å². The van der Waals surface area contributed by atoms with Crippen LogP contribution in [0.2, 0.25) is 0 Å². The van der Waals surface area contributed by atoms with Crippen molar-refractivity contribution in [3.05, 3.63) is 0 Å². The van der Waals surface area contributed by atoms with Gasteiger partial charge in [-0.2, -0.15) is 0 Å². The monoisotopic (exact) mass is 411 g/mol. The van der Waals surface area contributed by atoms with E-state index in [4.69, 9.17) is 14.9 Å². The van der Waals surface area contributed by atoms with Crippen LogP contribution in [-0.4, -0.2) is 53.6 Å². The molecule has 0 saturated carbocycles. The van der Waals surface area contributed by atoms with Gasteiger partial charge in [0.15, 0.2) is 0 Å². The van der Waals surface area contributed by atoms with Gasteiger partial charge in [-0.15, -0.1) is 0 Å². The van der Waals surface area contributed by atoms with Gasteiger partial charge in [0.25, 0.3) is 0 Å². The van der Waals surface area contributed by atoms with Crippen molar-refractivity contribution in [3.63, 3.8) is 0 Å². The molecule has 3 N–H and O–H groups in total. The van der Waals surface area contributed by atoms with Crippen molar-refractivity contribution in [2.75, 3.05) is 33.9 Å². The molecule has 0 atom stereocenters. The maximum atomic E-state index is 9.75. The van der Waals surface area contributed by atoms with Gasteiger partial charge in [-0.1, -0.05) is 90.4 Å². The zero-order valence-corrected chi connectivity index (χ0v) is 19.0. The summed E-state index contributed by atoms with van der Waals surface area (Å²) in [5, 5.41) is 7.96. The SMILES string of the molecule is CCCCCCCCCCCCCCCCN(C)C.O=P(O)(O)OCCO. The number of aliphatic hydroxyl groups excluding tert-OH is 1. The van der Waals surface area contributed by atoms with Crippen LogP contribution in [0.4, 0.5) is 0 Å². The standard InChI is InChI=1S/C18H39N.C2H7O5P/c1-4-5-6-7-8-9-10-11-12-13-14-15-16-17-18-19(2)3;3-1-2-7-8(4,5)6/h4-18H2,1-3H3;3H,1-2H2,(H2,4,5,6). The molecule has 0 radical (unpaired) electrons. The molecular weight excluding hydrogens is 365 g/mol. The van der Waals surface area contributed by atoms with Crippen LogP contribution in [0.1, 0.15) is 96.8 Å². The molecule has 0 saturated heterocycles. The number of nitrogens with zero attached hydrogens (tertiary/aromatic N) is 1. The van der Waals surface area contributed by atoms with Crippen molar-refractivity contribution < 1.29 is 24.0 Å². The molecular formula is C20H46NO5P. The van der Waals surface area contributed by atoms with Gasteiger partial charge in [0.1, 0.15) is 0 Å². The number of hydrogen-bond donors (Lipinski definition) is 3. The quantitative estimate of drug-likeness (QED) is 0.214. The number of unbranched alkanes of at least 4 members (excludes halogenated alkanes) is 13. The molecule has 0 aromatic rings. The Bertz CT molecular complexity index is 323. The van der Waals surface area contributed by atoms with Gasteiger partial charge in [-0.3, -0.25) is 4.52 Å². The molecule has 0 rings (SSSR count). The summed E-state index contributed by atoms with van der Waals surface area (Å²) in [4.78, 5) is 18.1. The van der Waals surface area contributed by atoms with E-state index in [0.29, 0.717) is 0 Å². The second-order valence-electron chi connectivity index (χ2n) is 7.45. The second-order valence-corrected chi connectivity index (χ2v) is 8.69. The lowest BCUT2D eigenvalue weighted by atomic mass is 10.0. The molecule has 0 amide bonds. The summed E-state index contributed by atoms with van der Waals surface area (Å²) in [7, 11) is -0.00442. The van der Waals surface area contributed by atoms with E-state index in [9.17, 15) is 4.57 Å². The smallest absolute Gasteiger partial charge is 0.394 e. The van der Waals surface area contributed by atoms with Gasteiger partial charge in [0.2, 0.25) is 0 Å². The number of hydrogen-bond acceptors (Lipinski definition) is 4. The van der Waals surface area contributed by atoms with E-state index in [-0.39, 0.29) is 13.2 Å². The van der Waals surface area contributed by atoms with Crippen LogP contribution in [0.3, 0.4) is 0 Å². The first-order valence-corrected chi connectivity index (χ1v) is 12.3. The lowest BCUT2D eigenvalue weighted by Gasteiger charge is -2.08. The third kappa shape index (κ3) is 34.0. The normalized spacial score (nSPS) is 11.5. The first-order chi connectivity index (χ1) is 12.8. The highest BCUT2D eigenvalue weighted by Gasteiger charge is 2.11. The number of rotatable bonds is 18. The van der Waals surface area contributed by atoms with Crippen LogP contribution >= 0.6 is 7.82 Å². The Morgan fingerprint density at radius 1 is 0.741 bits per heavy atom. The minimum atomic E-state index is -4.34. The van der Waals surface area contributed by atoms with Crippen molar-refractivity contribution in [1.29, 1.82) is 0 Å². The minimum Gasteiger partial charge on any atom is -0.394 e. The lowest BCUT2D eigenvalue weighted by molar-refractivity contribution is 0.151. The Morgan fingerprint density at radius 2 is 1.11 bits per heavy atom. The number of aliphatic hydroxyl groups is 1. The summed E-state index contributed by atoms with van der Waals surface area (Å²) < 4.78 is 13.5. The fourth-order valence-corrected chi connectivity index (χ4v) is 3.10. The molecule has 0 aliphatic carbocycles. The predicted octanol–water partition coefficient (Wildman–Crippen LogP) is 5.12. The highest BCUT2D eigenvalue weighted by molar-refractivity contribution is 7.46. The maximum absolute atomic E-state index is 9.75. The topological polar surface area (TPSA) is 90.2 Å². The molecule has 0 unspecified atom stereocenters. The third-order valence-corrected chi connectivity index (χ3v) is 4.83. The van der Waals surface area contributed by atoms with E-state index in [1.165, 1.54) is 96.4 Å². The second kappa shape index (κ2) is 22.3. The van der Waals surface area contributed by atoms with Gasteiger partial charge in [-0.05, 0) is 27.1 Å². The van der Waals surface area contributed by atoms with Gasteiger partial charge in [0, 0.05) is 0 Å². The molecule has 0 fully saturated rings. The minimum absolute atomic E-state index is 0.329.